The van der Waals surface area contributed by atoms with Gasteiger partial charge in [-0.15, -0.1) is 0 Å². The number of hydrogen-bond donors (Lipinski definition) is 2. The minimum atomic E-state index is -0.463. The molecule has 1 aliphatic carbocycles. The van der Waals surface area contributed by atoms with Gasteiger partial charge in [-0.1, -0.05) is 0 Å². The molecular weight excluding hydrogens is 432 g/mol. The Kier molecular flexibility index (Phi) is 5.53. The van der Waals surface area contributed by atoms with Crippen LogP contribution in [0.15, 0.2) is 46.9 Å². The molecule has 34 heavy (non-hydrogen) atoms. The monoisotopic (exact) mass is 456 g/mol. The lowest BCUT2D eigenvalue weighted by Gasteiger charge is -2.08. The van der Waals surface area contributed by atoms with Gasteiger partial charge in [0, 0.05) is 28.9 Å². The fourth-order valence-corrected chi connectivity index (χ4v) is 4.50. The van der Waals surface area contributed by atoms with Crippen molar-refractivity contribution >= 4 is 40.8 Å². The number of hydrogen-bond acceptors (Lipinski definition) is 5. The van der Waals surface area contributed by atoms with Crippen LogP contribution in [0.5, 0.6) is 0 Å². The maximum Gasteiger partial charge on any atom is 0.337 e. The number of methoxy groups -OCH3 is 1. The molecule has 0 radical (unpaired) electrons. The molecule has 2 N–H and O–H groups in total. The molecule has 1 aromatic heterocycles. The van der Waals surface area contributed by atoms with Crippen LogP contribution >= 0.6 is 0 Å². The van der Waals surface area contributed by atoms with Gasteiger partial charge in [0.25, 0.3) is 11.8 Å². The van der Waals surface area contributed by atoms with E-state index in [2.05, 4.69) is 15.4 Å². The van der Waals surface area contributed by atoms with Gasteiger partial charge in [-0.2, -0.15) is 0 Å². The molecular formula is C27H24N2O5. The quantitative estimate of drug-likeness (QED) is 0.425. The van der Waals surface area contributed by atoms with Crippen LogP contribution < -0.4 is 10.6 Å². The van der Waals surface area contributed by atoms with Gasteiger partial charge >= 0.3 is 5.97 Å². The molecule has 7 nitrogen and oxygen atoms in total. The third-order valence-corrected chi connectivity index (χ3v) is 6.38. The summed E-state index contributed by atoms with van der Waals surface area (Å²) in [6.07, 6.45) is 6.01. The van der Waals surface area contributed by atoms with E-state index in [-0.39, 0.29) is 11.8 Å². The van der Waals surface area contributed by atoms with Gasteiger partial charge in [0.15, 0.2) is 0 Å². The van der Waals surface area contributed by atoms with Crippen LogP contribution in [0.1, 0.15) is 61.8 Å². The first-order chi connectivity index (χ1) is 16.4. The second-order valence-corrected chi connectivity index (χ2v) is 8.50. The standard InChI is InChI=1S/C27H24N2O5/c1-15-19-5-3-4-6-23(19)34-24(15)14-21-20-13-18(11-12-22(20)29-26(21)31)28-25(30)16-7-9-17(10-8-16)27(32)33-2/h7-14H,3-6H2,1-2H3,(H,28,30)(H,29,31). The highest BCUT2D eigenvalue weighted by molar-refractivity contribution is 6.35. The SMILES string of the molecule is COC(=O)c1ccc(C(=O)Nc2ccc3c(c2)C(=Cc2oc4c(c2C)CCCC4)C(=O)N3)cc1. The Morgan fingerprint density at radius 2 is 1.79 bits per heavy atom. The summed E-state index contributed by atoms with van der Waals surface area (Å²) in [6, 6.07) is 11.5. The lowest BCUT2D eigenvalue weighted by Crippen LogP contribution is -2.12. The molecule has 0 atom stereocenters. The van der Waals surface area contributed by atoms with Crippen molar-refractivity contribution in [2.75, 3.05) is 17.7 Å². The molecule has 2 heterocycles. The molecule has 0 fully saturated rings. The molecule has 2 aliphatic rings. The van der Waals surface area contributed by atoms with Crippen molar-refractivity contribution in [2.24, 2.45) is 0 Å². The Labute approximate surface area is 196 Å². The van der Waals surface area contributed by atoms with Gasteiger partial charge in [-0.25, -0.2) is 4.79 Å². The molecule has 2 aromatic carbocycles. The number of carbonyl (C=O) groups excluding carboxylic acids is 3. The smallest absolute Gasteiger partial charge is 0.337 e. The number of amides is 2. The summed E-state index contributed by atoms with van der Waals surface area (Å²) < 4.78 is 10.8. The van der Waals surface area contributed by atoms with Crippen molar-refractivity contribution in [1.29, 1.82) is 0 Å². The van der Waals surface area contributed by atoms with Crippen molar-refractivity contribution < 1.29 is 23.5 Å². The zero-order chi connectivity index (χ0) is 23.8. The molecule has 0 saturated carbocycles. The number of ether oxygens (including phenoxy) is 1. The average Bonchev–Trinajstić information content (AvgIpc) is 3.34. The average molecular weight is 456 g/mol. The van der Waals surface area contributed by atoms with Gasteiger partial charge in [-0.05, 0) is 85.9 Å². The second kappa shape index (κ2) is 8.67. The van der Waals surface area contributed by atoms with Crippen molar-refractivity contribution in [3.05, 3.63) is 81.8 Å². The Morgan fingerprint density at radius 1 is 1.06 bits per heavy atom. The van der Waals surface area contributed by atoms with Crippen LogP contribution in [-0.2, 0) is 22.4 Å². The third-order valence-electron chi connectivity index (χ3n) is 6.38. The van der Waals surface area contributed by atoms with Crippen LogP contribution in [0, 0.1) is 6.92 Å². The Bertz CT molecular complexity index is 1350. The second-order valence-electron chi connectivity index (χ2n) is 8.50. The Hall–Kier alpha value is -4.13. The number of benzene rings is 2. The molecule has 1 aliphatic heterocycles. The van der Waals surface area contributed by atoms with Gasteiger partial charge in [-0.3, -0.25) is 9.59 Å². The van der Waals surface area contributed by atoms with Crippen LogP contribution in [-0.4, -0.2) is 24.9 Å². The normalized spacial score (nSPS) is 15.5. The number of nitrogens with one attached hydrogen (secondary N) is 2. The summed E-state index contributed by atoms with van der Waals surface area (Å²) in [5.74, 6) is 0.743. The fraction of sp³-hybridized carbons (Fsp3) is 0.222. The highest BCUT2D eigenvalue weighted by Gasteiger charge is 2.27. The molecule has 2 amide bonds. The van der Waals surface area contributed by atoms with E-state index < -0.39 is 5.97 Å². The number of furan rings is 1. The van der Waals surface area contributed by atoms with Crippen molar-refractivity contribution in [3.8, 4) is 0 Å². The first kappa shape index (κ1) is 21.7. The van der Waals surface area contributed by atoms with Crippen LogP contribution in [0.2, 0.25) is 0 Å². The minimum Gasteiger partial charge on any atom is -0.465 e. The Balaban J connectivity index is 1.41. The van der Waals surface area contributed by atoms with E-state index in [9.17, 15) is 14.4 Å². The summed E-state index contributed by atoms with van der Waals surface area (Å²) >= 11 is 0. The largest absolute Gasteiger partial charge is 0.465 e. The van der Waals surface area contributed by atoms with Crippen molar-refractivity contribution in [3.63, 3.8) is 0 Å². The van der Waals surface area contributed by atoms with Crippen LogP contribution in [0.4, 0.5) is 11.4 Å². The molecule has 172 valence electrons. The lowest BCUT2D eigenvalue weighted by atomic mass is 9.95. The molecule has 0 spiro atoms. The fourth-order valence-electron chi connectivity index (χ4n) is 4.50. The van der Waals surface area contributed by atoms with E-state index >= 15 is 0 Å². The van der Waals surface area contributed by atoms with E-state index in [4.69, 9.17) is 4.42 Å². The molecule has 0 saturated heterocycles. The van der Waals surface area contributed by atoms with Crippen LogP contribution in [0.3, 0.4) is 0 Å². The summed E-state index contributed by atoms with van der Waals surface area (Å²) in [5.41, 5.74) is 5.56. The van der Waals surface area contributed by atoms with E-state index in [1.165, 1.54) is 24.8 Å². The van der Waals surface area contributed by atoms with E-state index in [0.29, 0.717) is 39.4 Å². The highest BCUT2D eigenvalue weighted by atomic mass is 16.5. The van der Waals surface area contributed by atoms with Crippen LogP contribution in [0.25, 0.3) is 11.6 Å². The van der Waals surface area contributed by atoms with Gasteiger partial charge in [0.05, 0.1) is 18.2 Å². The maximum atomic E-state index is 12.7. The van der Waals surface area contributed by atoms with Gasteiger partial charge in [0.2, 0.25) is 0 Å². The first-order valence-corrected chi connectivity index (χ1v) is 11.2. The molecule has 0 unspecified atom stereocenters. The zero-order valence-corrected chi connectivity index (χ0v) is 19.0. The van der Waals surface area contributed by atoms with Crippen molar-refractivity contribution in [1.82, 2.24) is 0 Å². The third kappa shape index (κ3) is 3.90. The van der Waals surface area contributed by atoms with E-state index in [0.717, 1.165) is 37.0 Å². The summed E-state index contributed by atoms with van der Waals surface area (Å²) in [7, 11) is 1.31. The van der Waals surface area contributed by atoms with Gasteiger partial charge < -0.3 is 19.8 Å². The predicted molar refractivity (Wildman–Crippen MR) is 129 cm³/mol. The first-order valence-electron chi connectivity index (χ1n) is 11.2. The Morgan fingerprint density at radius 3 is 2.53 bits per heavy atom. The lowest BCUT2D eigenvalue weighted by molar-refractivity contribution is -0.110. The molecule has 0 bridgehead atoms. The number of anilines is 2. The van der Waals surface area contributed by atoms with E-state index in [1.54, 1.807) is 36.4 Å². The predicted octanol–water partition coefficient (Wildman–Crippen LogP) is 5.00. The number of fused-ring (bicyclic) bond motifs is 2. The number of aryl methyl sites for hydroxylation is 1. The zero-order valence-electron chi connectivity index (χ0n) is 19.0. The van der Waals surface area contributed by atoms with Gasteiger partial charge in [0.1, 0.15) is 11.5 Å². The summed E-state index contributed by atoms with van der Waals surface area (Å²) in [5, 5.41) is 5.73. The summed E-state index contributed by atoms with van der Waals surface area (Å²) in [6.45, 7) is 2.04. The van der Waals surface area contributed by atoms with E-state index in [1.807, 2.05) is 6.92 Å². The topological polar surface area (TPSA) is 97.6 Å². The molecule has 5 rings (SSSR count). The minimum absolute atomic E-state index is 0.203. The summed E-state index contributed by atoms with van der Waals surface area (Å²) in [4.78, 5) is 37.0. The molecule has 3 aromatic rings. The number of esters is 1. The maximum absolute atomic E-state index is 12.7. The molecule has 7 heteroatoms. The highest BCUT2D eigenvalue weighted by Crippen LogP contribution is 2.37. The van der Waals surface area contributed by atoms with Crippen molar-refractivity contribution in [2.45, 2.75) is 32.6 Å². The number of carbonyl (C=O) groups is 3. The number of rotatable bonds is 4.